The average molecular weight is 257 g/mol. The topological polar surface area (TPSA) is 38.7 Å². The highest BCUT2D eigenvalue weighted by Crippen LogP contribution is 2.41. The van der Waals surface area contributed by atoms with Crippen LogP contribution in [0.3, 0.4) is 0 Å². The van der Waals surface area contributed by atoms with Gasteiger partial charge in [0, 0.05) is 24.7 Å². The average Bonchev–Trinajstić information content (AvgIpc) is 2.38. The number of ether oxygens (including phenoxy) is 2. The van der Waals surface area contributed by atoms with Crippen molar-refractivity contribution in [2.45, 2.75) is 18.9 Å². The lowest BCUT2D eigenvalue weighted by atomic mass is 9.89. The summed E-state index contributed by atoms with van der Waals surface area (Å²) in [6, 6.07) is 5.54. The summed E-state index contributed by atoms with van der Waals surface area (Å²) in [5.74, 6) is 0.820. The zero-order valence-electron chi connectivity index (χ0n) is 9.86. The number of methoxy groups -OCH3 is 1. The Labute approximate surface area is 106 Å². The molecule has 0 spiro atoms. The molecule has 0 aromatic heterocycles. The van der Waals surface area contributed by atoms with E-state index in [1.54, 1.807) is 7.11 Å². The molecule has 1 aromatic carbocycles. The van der Waals surface area contributed by atoms with Gasteiger partial charge in [-0.1, -0.05) is 17.7 Å². The molecule has 1 aliphatic heterocycles. The van der Waals surface area contributed by atoms with Gasteiger partial charge in [-0.15, -0.1) is 0 Å². The first kappa shape index (κ1) is 12.7. The SMILES string of the molecule is COc1cccc(Cl)c1C1OCCCC1CO. The molecule has 0 radical (unpaired) electrons. The molecule has 2 rings (SSSR count). The van der Waals surface area contributed by atoms with E-state index in [1.807, 2.05) is 18.2 Å². The summed E-state index contributed by atoms with van der Waals surface area (Å²) in [5.41, 5.74) is 0.857. The van der Waals surface area contributed by atoms with E-state index < -0.39 is 0 Å². The van der Waals surface area contributed by atoms with Crippen molar-refractivity contribution in [1.29, 1.82) is 0 Å². The number of halogens is 1. The summed E-state index contributed by atoms with van der Waals surface area (Å²) < 4.78 is 11.1. The molecule has 2 unspecified atom stereocenters. The molecule has 1 heterocycles. The standard InChI is InChI=1S/C13H17ClO3/c1-16-11-6-2-5-10(14)12(11)13-9(8-15)4-3-7-17-13/h2,5-6,9,13,15H,3-4,7-8H2,1H3. The fraction of sp³-hybridized carbons (Fsp3) is 0.538. The smallest absolute Gasteiger partial charge is 0.126 e. The fourth-order valence-electron chi connectivity index (χ4n) is 2.32. The van der Waals surface area contributed by atoms with Gasteiger partial charge in [-0.3, -0.25) is 0 Å². The van der Waals surface area contributed by atoms with Gasteiger partial charge >= 0.3 is 0 Å². The van der Waals surface area contributed by atoms with Crippen LogP contribution in [0.15, 0.2) is 18.2 Å². The molecule has 17 heavy (non-hydrogen) atoms. The molecular formula is C13H17ClO3. The molecule has 3 nitrogen and oxygen atoms in total. The van der Waals surface area contributed by atoms with E-state index >= 15 is 0 Å². The molecule has 0 aliphatic carbocycles. The first-order valence-corrected chi connectivity index (χ1v) is 6.20. The molecule has 1 aromatic rings. The van der Waals surface area contributed by atoms with Crippen molar-refractivity contribution in [3.8, 4) is 5.75 Å². The van der Waals surface area contributed by atoms with Crippen molar-refractivity contribution in [1.82, 2.24) is 0 Å². The Morgan fingerprint density at radius 3 is 3.06 bits per heavy atom. The maximum absolute atomic E-state index is 9.41. The van der Waals surface area contributed by atoms with Crippen LogP contribution < -0.4 is 4.74 Å². The normalized spacial score (nSPS) is 24.6. The van der Waals surface area contributed by atoms with Gasteiger partial charge in [0.05, 0.1) is 18.2 Å². The lowest BCUT2D eigenvalue weighted by molar-refractivity contribution is -0.0466. The number of benzene rings is 1. The summed E-state index contributed by atoms with van der Waals surface area (Å²) in [6.45, 7) is 0.814. The predicted octanol–water partition coefficient (Wildman–Crippen LogP) is 2.81. The molecule has 2 atom stereocenters. The van der Waals surface area contributed by atoms with Crippen molar-refractivity contribution in [3.63, 3.8) is 0 Å². The number of hydrogen-bond donors (Lipinski definition) is 1. The van der Waals surface area contributed by atoms with Crippen LogP contribution >= 0.6 is 11.6 Å². The van der Waals surface area contributed by atoms with E-state index in [2.05, 4.69) is 0 Å². The maximum Gasteiger partial charge on any atom is 0.126 e. The maximum atomic E-state index is 9.41. The molecule has 1 aliphatic rings. The third kappa shape index (κ3) is 2.57. The van der Waals surface area contributed by atoms with Gasteiger partial charge in [-0.2, -0.15) is 0 Å². The van der Waals surface area contributed by atoms with Gasteiger partial charge in [0.25, 0.3) is 0 Å². The summed E-state index contributed by atoms with van der Waals surface area (Å²) in [6.07, 6.45) is 1.77. The highest BCUT2D eigenvalue weighted by atomic mass is 35.5. The molecule has 0 amide bonds. The second-order valence-corrected chi connectivity index (χ2v) is 4.64. The van der Waals surface area contributed by atoms with E-state index in [-0.39, 0.29) is 18.6 Å². The Balaban J connectivity index is 2.36. The van der Waals surface area contributed by atoms with Crippen LogP contribution in [0, 0.1) is 5.92 Å². The zero-order valence-corrected chi connectivity index (χ0v) is 10.6. The third-order valence-electron chi connectivity index (χ3n) is 3.20. The third-order valence-corrected chi connectivity index (χ3v) is 3.53. The molecule has 1 saturated heterocycles. The Bertz CT molecular complexity index is 381. The highest BCUT2D eigenvalue weighted by molar-refractivity contribution is 6.31. The lowest BCUT2D eigenvalue weighted by Crippen LogP contribution is -2.25. The Hall–Kier alpha value is -0.770. The van der Waals surface area contributed by atoms with Crippen molar-refractivity contribution >= 4 is 11.6 Å². The minimum atomic E-state index is -0.169. The van der Waals surface area contributed by atoms with Crippen molar-refractivity contribution in [2.24, 2.45) is 5.92 Å². The summed E-state index contributed by atoms with van der Waals surface area (Å²) >= 11 is 6.22. The Morgan fingerprint density at radius 1 is 1.53 bits per heavy atom. The number of aliphatic hydroxyl groups is 1. The van der Waals surface area contributed by atoms with Gasteiger partial charge in [0.2, 0.25) is 0 Å². The zero-order chi connectivity index (χ0) is 12.3. The van der Waals surface area contributed by atoms with E-state index in [0.29, 0.717) is 11.6 Å². The number of hydrogen-bond acceptors (Lipinski definition) is 3. The van der Waals surface area contributed by atoms with Gasteiger partial charge in [-0.05, 0) is 25.0 Å². The van der Waals surface area contributed by atoms with E-state index in [9.17, 15) is 5.11 Å². The lowest BCUT2D eigenvalue weighted by Gasteiger charge is -2.32. The minimum Gasteiger partial charge on any atom is -0.496 e. The van der Waals surface area contributed by atoms with Crippen LogP contribution in [0.25, 0.3) is 0 Å². The highest BCUT2D eigenvalue weighted by Gasteiger charge is 2.30. The van der Waals surface area contributed by atoms with Crippen molar-refractivity contribution in [3.05, 3.63) is 28.8 Å². The van der Waals surface area contributed by atoms with Gasteiger partial charge in [-0.25, -0.2) is 0 Å². The van der Waals surface area contributed by atoms with Gasteiger partial charge in [0.1, 0.15) is 5.75 Å². The molecular weight excluding hydrogens is 240 g/mol. The first-order valence-electron chi connectivity index (χ1n) is 5.82. The van der Waals surface area contributed by atoms with Crippen LogP contribution in [-0.2, 0) is 4.74 Å². The van der Waals surface area contributed by atoms with Crippen molar-refractivity contribution in [2.75, 3.05) is 20.3 Å². The predicted molar refractivity (Wildman–Crippen MR) is 66.5 cm³/mol. The Kier molecular flexibility index (Phi) is 4.26. The molecule has 0 bridgehead atoms. The van der Waals surface area contributed by atoms with Crippen LogP contribution in [0.2, 0.25) is 5.02 Å². The molecule has 1 fully saturated rings. The number of rotatable bonds is 3. The monoisotopic (exact) mass is 256 g/mol. The minimum absolute atomic E-state index is 0.0950. The largest absolute Gasteiger partial charge is 0.496 e. The second kappa shape index (κ2) is 5.71. The Morgan fingerprint density at radius 2 is 2.35 bits per heavy atom. The van der Waals surface area contributed by atoms with Crippen LogP contribution in [0.4, 0.5) is 0 Å². The summed E-state index contributed by atoms with van der Waals surface area (Å²) in [5, 5.41) is 10.0. The van der Waals surface area contributed by atoms with Crippen LogP contribution in [0.1, 0.15) is 24.5 Å². The van der Waals surface area contributed by atoms with Gasteiger partial charge < -0.3 is 14.6 Å². The molecule has 0 saturated carbocycles. The van der Waals surface area contributed by atoms with E-state index in [1.165, 1.54) is 0 Å². The first-order chi connectivity index (χ1) is 8.27. The number of aliphatic hydroxyl groups excluding tert-OH is 1. The van der Waals surface area contributed by atoms with E-state index in [4.69, 9.17) is 21.1 Å². The summed E-state index contributed by atoms with van der Waals surface area (Å²) in [7, 11) is 1.62. The molecule has 1 N–H and O–H groups in total. The summed E-state index contributed by atoms with van der Waals surface area (Å²) in [4.78, 5) is 0. The molecule has 4 heteroatoms. The fourth-order valence-corrected chi connectivity index (χ4v) is 2.59. The quantitative estimate of drug-likeness (QED) is 0.904. The molecule has 94 valence electrons. The second-order valence-electron chi connectivity index (χ2n) is 4.23. The van der Waals surface area contributed by atoms with Gasteiger partial charge in [0.15, 0.2) is 0 Å². The van der Waals surface area contributed by atoms with Crippen LogP contribution in [0.5, 0.6) is 5.75 Å². The van der Waals surface area contributed by atoms with E-state index in [0.717, 1.165) is 24.2 Å². The van der Waals surface area contributed by atoms with Crippen LogP contribution in [-0.4, -0.2) is 25.4 Å². The van der Waals surface area contributed by atoms with Crippen molar-refractivity contribution < 1.29 is 14.6 Å².